The number of nitrogen functional groups attached to an aromatic ring is 1. The van der Waals surface area contributed by atoms with Crippen molar-refractivity contribution in [1.29, 1.82) is 0 Å². The molecule has 1 heterocycles. The maximum absolute atomic E-state index is 10.0. The Labute approximate surface area is 88.0 Å². The average Bonchev–Trinajstić information content (AvgIpc) is 2.65. The largest absolute Gasteiger partial charge is 0.399 e. The van der Waals surface area contributed by atoms with E-state index in [1.807, 2.05) is 6.92 Å². The van der Waals surface area contributed by atoms with E-state index in [9.17, 15) is 5.11 Å². The standard InChI is InChI=1S/C11H13N3O/c1-8-13-6-7-14(8)11(15)9-2-4-10(12)5-3-9/h2-7,11,15H,12H2,1H3. The Balaban J connectivity index is 2.32. The van der Waals surface area contributed by atoms with Crippen molar-refractivity contribution < 1.29 is 5.11 Å². The number of benzene rings is 1. The summed E-state index contributed by atoms with van der Waals surface area (Å²) >= 11 is 0. The van der Waals surface area contributed by atoms with E-state index in [2.05, 4.69) is 4.98 Å². The first-order valence-electron chi connectivity index (χ1n) is 4.71. The molecule has 0 aliphatic heterocycles. The van der Waals surface area contributed by atoms with Gasteiger partial charge >= 0.3 is 0 Å². The SMILES string of the molecule is Cc1nccn1C(O)c1ccc(N)cc1. The molecule has 1 aromatic heterocycles. The summed E-state index contributed by atoms with van der Waals surface area (Å²) in [5.74, 6) is 0.777. The van der Waals surface area contributed by atoms with Crippen molar-refractivity contribution in [2.45, 2.75) is 13.2 Å². The molecule has 0 aliphatic carbocycles. The molecular formula is C11H13N3O. The van der Waals surface area contributed by atoms with E-state index in [-0.39, 0.29) is 0 Å². The summed E-state index contributed by atoms with van der Waals surface area (Å²) in [4.78, 5) is 4.06. The fourth-order valence-corrected chi connectivity index (χ4v) is 1.47. The molecule has 0 fully saturated rings. The van der Waals surface area contributed by atoms with Gasteiger partial charge in [-0.25, -0.2) is 4.98 Å². The Morgan fingerprint density at radius 2 is 2.00 bits per heavy atom. The number of aliphatic hydroxyl groups is 1. The van der Waals surface area contributed by atoms with Gasteiger partial charge in [0.2, 0.25) is 0 Å². The van der Waals surface area contributed by atoms with Gasteiger partial charge in [-0.2, -0.15) is 0 Å². The normalized spacial score (nSPS) is 12.7. The maximum Gasteiger partial charge on any atom is 0.157 e. The Kier molecular flexibility index (Phi) is 2.43. The second kappa shape index (κ2) is 3.74. The van der Waals surface area contributed by atoms with Crippen molar-refractivity contribution in [2.75, 3.05) is 5.73 Å². The number of anilines is 1. The van der Waals surface area contributed by atoms with Crippen LogP contribution in [0.3, 0.4) is 0 Å². The predicted octanol–water partition coefficient (Wildman–Crippen LogP) is 1.31. The van der Waals surface area contributed by atoms with Gasteiger partial charge in [0.1, 0.15) is 5.82 Å². The highest BCUT2D eigenvalue weighted by molar-refractivity contribution is 5.39. The molecule has 15 heavy (non-hydrogen) atoms. The molecule has 2 aromatic rings. The number of aromatic nitrogens is 2. The lowest BCUT2D eigenvalue weighted by molar-refractivity contribution is 0.144. The van der Waals surface area contributed by atoms with E-state index in [1.165, 1.54) is 0 Å². The highest BCUT2D eigenvalue weighted by Gasteiger charge is 2.10. The van der Waals surface area contributed by atoms with Gasteiger partial charge in [0.15, 0.2) is 6.23 Å². The van der Waals surface area contributed by atoms with Crippen LogP contribution >= 0.6 is 0 Å². The highest BCUT2D eigenvalue weighted by atomic mass is 16.3. The van der Waals surface area contributed by atoms with E-state index in [4.69, 9.17) is 5.73 Å². The third-order valence-electron chi connectivity index (χ3n) is 2.36. The van der Waals surface area contributed by atoms with Crippen LogP contribution in [-0.2, 0) is 0 Å². The molecule has 0 aliphatic rings. The number of hydrogen-bond acceptors (Lipinski definition) is 3. The predicted molar refractivity (Wildman–Crippen MR) is 58.2 cm³/mol. The molecule has 4 nitrogen and oxygen atoms in total. The van der Waals surface area contributed by atoms with Crippen molar-refractivity contribution in [1.82, 2.24) is 9.55 Å². The molecule has 0 saturated carbocycles. The first kappa shape index (κ1) is 9.73. The molecular weight excluding hydrogens is 190 g/mol. The molecule has 0 bridgehead atoms. The first-order valence-corrected chi connectivity index (χ1v) is 4.71. The molecule has 1 atom stereocenters. The second-order valence-electron chi connectivity index (χ2n) is 3.42. The number of nitrogens with zero attached hydrogens (tertiary/aromatic N) is 2. The summed E-state index contributed by atoms with van der Waals surface area (Å²) in [7, 11) is 0. The van der Waals surface area contributed by atoms with Crippen LogP contribution in [0.25, 0.3) is 0 Å². The van der Waals surface area contributed by atoms with Crippen LogP contribution in [0, 0.1) is 6.92 Å². The van der Waals surface area contributed by atoms with Gasteiger partial charge in [0, 0.05) is 23.6 Å². The Bertz CT molecular complexity index is 447. The lowest BCUT2D eigenvalue weighted by Gasteiger charge is -2.14. The summed E-state index contributed by atoms with van der Waals surface area (Å²) in [6.45, 7) is 1.85. The molecule has 0 spiro atoms. The molecule has 0 saturated heterocycles. The number of aryl methyl sites for hydroxylation is 1. The van der Waals surface area contributed by atoms with E-state index in [0.29, 0.717) is 5.69 Å². The molecule has 3 N–H and O–H groups in total. The smallest absolute Gasteiger partial charge is 0.157 e. The Morgan fingerprint density at radius 1 is 1.33 bits per heavy atom. The number of imidazole rings is 1. The Morgan fingerprint density at radius 3 is 2.53 bits per heavy atom. The van der Waals surface area contributed by atoms with Crippen LogP contribution in [0.4, 0.5) is 5.69 Å². The zero-order valence-electron chi connectivity index (χ0n) is 8.46. The summed E-state index contributed by atoms with van der Waals surface area (Å²) in [6.07, 6.45) is 2.71. The minimum atomic E-state index is -0.701. The zero-order valence-corrected chi connectivity index (χ0v) is 8.46. The number of rotatable bonds is 2. The summed E-state index contributed by atoms with van der Waals surface area (Å²) in [5.41, 5.74) is 7.06. The number of nitrogens with two attached hydrogens (primary N) is 1. The van der Waals surface area contributed by atoms with Gasteiger partial charge in [-0.1, -0.05) is 12.1 Å². The van der Waals surface area contributed by atoms with Crippen LogP contribution in [0.5, 0.6) is 0 Å². The first-order chi connectivity index (χ1) is 7.18. The van der Waals surface area contributed by atoms with Gasteiger partial charge in [-0.05, 0) is 19.1 Å². The summed E-state index contributed by atoms with van der Waals surface area (Å²) in [6, 6.07) is 7.15. The summed E-state index contributed by atoms with van der Waals surface area (Å²) in [5, 5.41) is 10.0. The van der Waals surface area contributed by atoms with Crippen molar-refractivity contribution in [3.8, 4) is 0 Å². The van der Waals surface area contributed by atoms with E-state index >= 15 is 0 Å². The van der Waals surface area contributed by atoms with E-state index in [1.54, 1.807) is 41.2 Å². The highest BCUT2D eigenvalue weighted by Crippen LogP contribution is 2.17. The molecule has 1 aromatic carbocycles. The molecule has 2 rings (SSSR count). The average molecular weight is 203 g/mol. The molecule has 0 radical (unpaired) electrons. The number of hydrogen-bond donors (Lipinski definition) is 2. The third-order valence-corrected chi connectivity index (χ3v) is 2.36. The monoisotopic (exact) mass is 203 g/mol. The van der Waals surface area contributed by atoms with Gasteiger partial charge in [0.05, 0.1) is 0 Å². The van der Waals surface area contributed by atoms with Crippen molar-refractivity contribution in [2.24, 2.45) is 0 Å². The summed E-state index contributed by atoms with van der Waals surface area (Å²) < 4.78 is 1.70. The molecule has 78 valence electrons. The van der Waals surface area contributed by atoms with Crippen LogP contribution < -0.4 is 5.73 Å². The lowest BCUT2D eigenvalue weighted by atomic mass is 10.2. The van der Waals surface area contributed by atoms with E-state index in [0.717, 1.165) is 11.4 Å². The van der Waals surface area contributed by atoms with Gasteiger partial charge in [0.25, 0.3) is 0 Å². The topological polar surface area (TPSA) is 64.1 Å². The fourth-order valence-electron chi connectivity index (χ4n) is 1.47. The second-order valence-corrected chi connectivity index (χ2v) is 3.42. The minimum Gasteiger partial charge on any atom is -0.399 e. The quantitative estimate of drug-likeness (QED) is 0.723. The van der Waals surface area contributed by atoms with E-state index < -0.39 is 6.23 Å². The van der Waals surface area contributed by atoms with Crippen molar-refractivity contribution >= 4 is 5.69 Å². The Hall–Kier alpha value is -1.81. The van der Waals surface area contributed by atoms with Gasteiger partial charge in [-0.15, -0.1) is 0 Å². The zero-order chi connectivity index (χ0) is 10.8. The maximum atomic E-state index is 10.0. The number of aliphatic hydroxyl groups excluding tert-OH is 1. The third kappa shape index (κ3) is 1.85. The van der Waals surface area contributed by atoms with Crippen LogP contribution in [0.1, 0.15) is 17.6 Å². The van der Waals surface area contributed by atoms with Crippen molar-refractivity contribution in [3.05, 3.63) is 48.0 Å². The van der Waals surface area contributed by atoms with Crippen LogP contribution in [0.2, 0.25) is 0 Å². The minimum absolute atomic E-state index is 0.688. The van der Waals surface area contributed by atoms with Gasteiger partial charge in [-0.3, -0.25) is 0 Å². The lowest BCUT2D eigenvalue weighted by Crippen LogP contribution is -2.10. The molecule has 4 heteroatoms. The molecule has 1 unspecified atom stereocenters. The van der Waals surface area contributed by atoms with Gasteiger partial charge < -0.3 is 15.4 Å². The van der Waals surface area contributed by atoms with Crippen LogP contribution in [0.15, 0.2) is 36.7 Å². The van der Waals surface area contributed by atoms with Crippen LogP contribution in [-0.4, -0.2) is 14.7 Å². The molecule has 0 amide bonds. The fraction of sp³-hybridized carbons (Fsp3) is 0.182. The van der Waals surface area contributed by atoms with Crippen molar-refractivity contribution in [3.63, 3.8) is 0 Å².